The largest absolute Gasteiger partial charge is 0.394 e. The number of amidine groups is 1. The molecule has 0 unspecified atom stereocenters. The van der Waals surface area contributed by atoms with Crippen LogP contribution in [0, 0.1) is 0 Å². The van der Waals surface area contributed by atoms with Crippen LogP contribution in [-0.4, -0.2) is 40.5 Å². The zero-order valence-corrected chi connectivity index (χ0v) is 7.50. The highest BCUT2D eigenvalue weighted by atomic mass is 32.2. The quantitative estimate of drug-likeness (QED) is 0.516. The summed E-state index contributed by atoms with van der Waals surface area (Å²) in [6.07, 6.45) is 0. The molecule has 6 nitrogen and oxygen atoms in total. The lowest BCUT2D eigenvalue weighted by molar-refractivity contribution is -0.121. The van der Waals surface area contributed by atoms with Crippen LogP contribution in [0.15, 0.2) is 4.99 Å². The Kier molecular flexibility index (Phi) is 3.40. The molecule has 1 rings (SSSR count). The fourth-order valence-electron chi connectivity index (χ4n) is 0.687. The second-order valence-corrected chi connectivity index (χ2v) is 3.32. The van der Waals surface area contributed by atoms with Crippen molar-refractivity contribution in [1.29, 1.82) is 0 Å². The molecule has 0 fully saturated rings. The van der Waals surface area contributed by atoms with Crippen LogP contribution in [0.25, 0.3) is 0 Å². The van der Waals surface area contributed by atoms with Crippen molar-refractivity contribution in [1.82, 2.24) is 5.32 Å². The van der Waals surface area contributed by atoms with Crippen LogP contribution in [0.2, 0.25) is 0 Å². The molecule has 0 bridgehead atoms. The summed E-state index contributed by atoms with van der Waals surface area (Å²) in [5.74, 6) is 0.114. The van der Waals surface area contributed by atoms with Crippen LogP contribution >= 0.6 is 11.8 Å². The third kappa shape index (κ3) is 2.79. The van der Waals surface area contributed by atoms with E-state index in [1.165, 1.54) is 0 Å². The summed E-state index contributed by atoms with van der Waals surface area (Å²) >= 11 is 1.01. The zero-order chi connectivity index (χ0) is 9.84. The van der Waals surface area contributed by atoms with Crippen LogP contribution < -0.4 is 11.1 Å². The average molecular weight is 203 g/mol. The molecule has 72 valence electrons. The minimum absolute atomic E-state index is 0.295. The summed E-state index contributed by atoms with van der Waals surface area (Å²) in [7, 11) is 0. The fraction of sp³-hybridized carbons (Fsp3) is 0.500. The highest BCUT2D eigenvalue weighted by Crippen LogP contribution is 2.11. The second kappa shape index (κ2) is 4.35. The van der Waals surface area contributed by atoms with Crippen molar-refractivity contribution in [2.45, 2.75) is 6.04 Å². The van der Waals surface area contributed by atoms with Gasteiger partial charge in [-0.15, -0.1) is 0 Å². The number of aliphatic imine (C=N–C) groups is 1. The minimum Gasteiger partial charge on any atom is -0.394 e. The van der Waals surface area contributed by atoms with E-state index >= 15 is 0 Å². The second-order valence-electron chi connectivity index (χ2n) is 2.39. The summed E-state index contributed by atoms with van der Waals surface area (Å²) in [5.41, 5.74) is 5.22. The van der Waals surface area contributed by atoms with Gasteiger partial charge in [-0.1, -0.05) is 11.8 Å². The summed E-state index contributed by atoms with van der Waals surface area (Å²) in [4.78, 5) is 25.2. The molecule has 13 heavy (non-hydrogen) atoms. The highest BCUT2D eigenvalue weighted by Gasteiger charge is 2.19. The molecule has 1 heterocycles. The third-order valence-corrected chi connectivity index (χ3v) is 2.12. The van der Waals surface area contributed by atoms with Gasteiger partial charge >= 0.3 is 5.24 Å². The maximum Gasteiger partial charge on any atom is 0.306 e. The van der Waals surface area contributed by atoms with Crippen molar-refractivity contribution < 1.29 is 14.7 Å². The average Bonchev–Trinajstić information content (AvgIpc) is 2.49. The number of amides is 2. The van der Waals surface area contributed by atoms with Gasteiger partial charge in [-0.25, -0.2) is 0 Å². The first-order valence-electron chi connectivity index (χ1n) is 3.55. The molecule has 0 radical (unpaired) electrons. The normalized spacial score (nSPS) is 18.3. The van der Waals surface area contributed by atoms with E-state index in [1.54, 1.807) is 0 Å². The maximum absolute atomic E-state index is 11.0. The van der Waals surface area contributed by atoms with E-state index in [4.69, 9.17) is 10.8 Å². The lowest BCUT2D eigenvalue weighted by atomic mass is 10.3. The van der Waals surface area contributed by atoms with Crippen molar-refractivity contribution in [3.63, 3.8) is 0 Å². The Morgan fingerprint density at radius 1 is 1.85 bits per heavy atom. The van der Waals surface area contributed by atoms with Gasteiger partial charge in [-0.05, 0) is 0 Å². The van der Waals surface area contributed by atoms with Gasteiger partial charge in [0, 0.05) is 0 Å². The first-order valence-corrected chi connectivity index (χ1v) is 4.53. The molecular formula is C6H9N3O3S. The molecule has 0 spiro atoms. The van der Waals surface area contributed by atoms with Gasteiger partial charge in [0.2, 0.25) is 5.91 Å². The van der Waals surface area contributed by atoms with Gasteiger partial charge in [-0.2, -0.15) is 4.99 Å². The molecule has 0 aromatic heterocycles. The molecule has 1 aliphatic rings. The van der Waals surface area contributed by atoms with E-state index in [0.717, 1.165) is 11.8 Å². The molecule has 1 aliphatic heterocycles. The number of nitrogens with zero attached hydrogens (tertiary/aromatic N) is 1. The monoisotopic (exact) mass is 203 g/mol. The third-order valence-electron chi connectivity index (χ3n) is 1.36. The predicted octanol–water partition coefficient (Wildman–Crippen LogP) is -1.31. The van der Waals surface area contributed by atoms with Crippen LogP contribution in [-0.2, 0) is 4.79 Å². The van der Waals surface area contributed by atoms with Gasteiger partial charge < -0.3 is 16.2 Å². The highest BCUT2D eigenvalue weighted by molar-refractivity contribution is 8.14. The van der Waals surface area contributed by atoms with Gasteiger partial charge in [0.15, 0.2) is 0 Å². The zero-order valence-electron chi connectivity index (χ0n) is 6.69. The summed E-state index contributed by atoms with van der Waals surface area (Å²) in [6, 6.07) is -0.969. The molecule has 1 atom stereocenters. The fourth-order valence-corrected chi connectivity index (χ4v) is 1.26. The first kappa shape index (κ1) is 10.2. The molecule has 7 heteroatoms. The topological polar surface area (TPSA) is 105 Å². The standard InChI is InChI=1S/C6H9N3O3S/c7-3(1-10)5(11)8-4-2-13-6(12)9-4/h3,10H,1-2,7H2,(H,8,9,11,12)/t3-/m0/s1. The number of carbonyl (C=O) groups is 2. The van der Waals surface area contributed by atoms with Crippen LogP contribution in [0.4, 0.5) is 4.79 Å². The maximum atomic E-state index is 11.0. The van der Waals surface area contributed by atoms with Crippen molar-refractivity contribution in [2.24, 2.45) is 10.7 Å². The van der Waals surface area contributed by atoms with E-state index in [1.807, 2.05) is 0 Å². The number of thioether (sulfide) groups is 1. The molecule has 0 aromatic rings. The van der Waals surface area contributed by atoms with Crippen molar-refractivity contribution in [2.75, 3.05) is 12.4 Å². The molecule has 0 aromatic carbocycles. The molecule has 0 aliphatic carbocycles. The lowest BCUT2D eigenvalue weighted by Crippen LogP contribution is -2.45. The number of hydrogen-bond donors (Lipinski definition) is 3. The minimum atomic E-state index is -0.969. The Bertz CT molecular complexity index is 266. The van der Waals surface area contributed by atoms with Crippen molar-refractivity contribution in [3.05, 3.63) is 0 Å². The van der Waals surface area contributed by atoms with Crippen molar-refractivity contribution in [3.8, 4) is 0 Å². The Labute approximate surface area is 78.6 Å². The van der Waals surface area contributed by atoms with E-state index in [9.17, 15) is 9.59 Å². The molecular weight excluding hydrogens is 194 g/mol. The molecule has 2 amide bonds. The van der Waals surface area contributed by atoms with Crippen LogP contribution in [0.3, 0.4) is 0 Å². The van der Waals surface area contributed by atoms with Crippen LogP contribution in [0.1, 0.15) is 0 Å². The Balaban J connectivity index is 2.45. The summed E-state index contributed by atoms with van der Waals surface area (Å²) in [6.45, 7) is -0.430. The van der Waals surface area contributed by atoms with Gasteiger partial charge in [-0.3, -0.25) is 9.59 Å². The van der Waals surface area contributed by atoms with E-state index in [-0.39, 0.29) is 5.24 Å². The number of nitrogens with two attached hydrogens (primary N) is 1. The van der Waals surface area contributed by atoms with E-state index < -0.39 is 18.6 Å². The Hall–Kier alpha value is -0.920. The smallest absolute Gasteiger partial charge is 0.306 e. The molecule has 4 N–H and O–H groups in total. The number of aliphatic hydroxyl groups excluding tert-OH is 1. The Morgan fingerprint density at radius 3 is 3.00 bits per heavy atom. The number of aliphatic hydroxyl groups is 1. The van der Waals surface area contributed by atoms with E-state index in [0.29, 0.717) is 11.6 Å². The van der Waals surface area contributed by atoms with Gasteiger partial charge in [0.1, 0.15) is 11.9 Å². The number of carbonyl (C=O) groups excluding carboxylic acids is 2. The molecule has 0 saturated heterocycles. The Morgan fingerprint density at radius 2 is 2.54 bits per heavy atom. The van der Waals surface area contributed by atoms with Gasteiger partial charge in [0.25, 0.3) is 0 Å². The van der Waals surface area contributed by atoms with Crippen LogP contribution in [0.5, 0.6) is 0 Å². The summed E-state index contributed by atoms with van der Waals surface area (Å²) < 4.78 is 0. The number of nitrogens with one attached hydrogen (secondary N) is 1. The number of hydrogen-bond acceptors (Lipinski definition) is 5. The molecule has 0 saturated carbocycles. The first-order chi connectivity index (χ1) is 6.13. The van der Waals surface area contributed by atoms with Gasteiger partial charge in [0.05, 0.1) is 12.4 Å². The SMILES string of the molecule is N[C@@H](CO)C(=O)NC1=NC(=O)SC1. The van der Waals surface area contributed by atoms with Crippen molar-refractivity contribution >= 4 is 28.7 Å². The van der Waals surface area contributed by atoms with E-state index in [2.05, 4.69) is 10.3 Å². The summed E-state index contributed by atoms with van der Waals surface area (Å²) in [5, 5.41) is 10.6. The predicted molar refractivity (Wildman–Crippen MR) is 48.5 cm³/mol. The lowest BCUT2D eigenvalue weighted by Gasteiger charge is -2.07. The number of rotatable bonds is 2.